The zero-order valence-corrected chi connectivity index (χ0v) is 22.0. The molecule has 5 rings (SSSR count). The molecule has 0 aliphatic rings. The summed E-state index contributed by atoms with van der Waals surface area (Å²) in [5, 5.41) is 5.96. The molecule has 0 amide bonds. The molecule has 0 unspecified atom stereocenters. The first-order chi connectivity index (χ1) is 17.9. The molecule has 37 heavy (non-hydrogen) atoms. The van der Waals surface area contributed by atoms with Crippen molar-refractivity contribution in [1.29, 1.82) is 0 Å². The normalized spacial score (nSPS) is 11.2. The van der Waals surface area contributed by atoms with Gasteiger partial charge in [0.15, 0.2) is 5.82 Å². The number of hydrogen-bond donors (Lipinski definition) is 0. The number of esters is 1. The average molecular weight is 593 g/mol. The molecule has 1 heterocycles. The first-order valence-electron chi connectivity index (χ1n) is 11.0. The van der Waals surface area contributed by atoms with E-state index in [4.69, 9.17) is 27.9 Å². The van der Waals surface area contributed by atoms with Crippen molar-refractivity contribution in [2.24, 2.45) is 5.10 Å². The van der Waals surface area contributed by atoms with Crippen LogP contribution in [0.25, 0.3) is 22.3 Å². The molecule has 4 aromatic carbocycles. The molecular weight excluding hydrogens is 577 g/mol. The highest BCUT2D eigenvalue weighted by molar-refractivity contribution is 9.10. The monoisotopic (exact) mass is 591 g/mol. The van der Waals surface area contributed by atoms with Gasteiger partial charge in [-0.1, -0.05) is 51.3 Å². The van der Waals surface area contributed by atoms with Crippen molar-refractivity contribution in [3.05, 3.63) is 127 Å². The second kappa shape index (κ2) is 10.7. The van der Waals surface area contributed by atoms with Crippen LogP contribution in [0.4, 0.5) is 0 Å². The van der Waals surface area contributed by atoms with Crippen LogP contribution in [0.3, 0.4) is 0 Å². The van der Waals surface area contributed by atoms with Gasteiger partial charge in [-0.2, -0.15) is 9.78 Å². The summed E-state index contributed by atoms with van der Waals surface area (Å²) in [6.45, 7) is 0. The molecule has 0 saturated heterocycles. The Hall–Kier alpha value is -3.78. The standard InChI is InChI=1S/C28H16BrCl2N3O3/c29-20-9-14-25(37-28(36)18-7-12-22(31)13-8-18)19(15-20)16-32-34-26(17-5-10-21(30)11-6-17)33-24-4-2-1-3-23(24)27(34)35/h1-16H. The third-order valence-corrected chi connectivity index (χ3v) is 6.42. The number of ether oxygens (including phenoxy) is 1. The van der Waals surface area contributed by atoms with Gasteiger partial charge in [0.1, 0.15) is 5.75 Å². The molecule has 1 aromatic heterocycles. The average Bonchev–Trinajstić information content (AvgIpc) is 2.90. The predicted molar refractivity (Wildman–Crippen MR) is 150 cm³/mol. The van der Waals surface area contributed by atoms with Crippen LogP contribution in [-0.4, -0.2) is 21.8 Å². The van der Waals surface area contributed by atoms with Gasteiger partial charge in [-0.3, -0.25) is 4.79 Å². The van der Waals surface area contributed by atoms with Gasteiger partial charge in [-0.25, -0.2) is 9.78 Å². The van der Waals surface area contributed by atoms with Gasteiger partial charge >= 0.3 is 5.97 Å². The molecule has 0 fully saturated rings. The Morgan fingerprint density at radius 1 is 0.919 bits per heavy atom. The number of carbonyl (C=O) groups excluding carboxylic acids is 1. The van der Waals surface area contributed by atoms with E-state index >= 15 is 0 Å². The lowest BCUT2D eigenvalue weighted by Gasteiger charge is -2.11. The largest absolute Gasteiger partial charge is 0.422 e. The zero-order chi connectivity index (χ0) is 25.9. The van der Waals surface area contributed by atoms with Gasteiger partial charge in [0.25, 0.3) is 5.56 Å². The van der Waals surface area contributed by atoms with Gasteiger partial charge in [-0.15, -0.1) is 0 Å². The molecule has 0 saturated carbocycles. The Labute approximate surface area is 229 Å². The maximum Gasteiger partial charge on any atom is 0.343 e. The van der Waals surface area contributed by atoms with E-state index in [0.29, 0.717) is 43.5 Å². The van der Waals surface area contributed by atoms with Gasteiger partial charge in [0.2, 0.25) is 0 Å². The van der Waals surface area contributed by atoms with Crippen molar-refractivity contribution >= 4 is 62.2 Å². The number of fused-ring (bicyclic) bond motifs is 1. The number of halogens is 3. The van der Waals surface area contributed by atoms with E-state index in [1.807, 2.05) is 6.07 Å². The highest BCUT2D eigenvalue weighted by atomic mass is 79.9. The first kappa shape index (κ1) is 24.9. The number of hydrogen-bond acceptors (Lipinski definition) is 5. The number of aromatic nitrogens is 2. The quantitative estimate of drug-likeness (QED) is 0.122. The molecule has 0 atom stereocenters. The maximum absolute atomic E-state index is 13.4. The molecular formula is C28H16BrCl2N3O3. The van der Waals surface area contributed by atoms with Crippen LogP contribution >= 0.6 is 39.1 Å². The third kappa shape index (κ3) is 5.49. The fraction of sp³-hybridized carbons (Fsp3) is 0. The van der Waals surface area contributed by atoms with Crippen LogP contribution in [0.1, 0.15) is 15.9 Å². The summed E-state index contributed by atoms with van der Waals surface area (Å²) in [5.41, 5.74) is 1.67. The number of benzene rings is 4. The van der Waals surface area contributed by atoms with Crippen molar-refractivity contribution in [2.75, 3.05) is 0 Å². The molecule has 6 nitrogen and oxygen atoms in total. The maximum atomic E-state index is 13.4. The fourth-order valence-electron chi connectivity index (χ4n) is 3.59. The minimum absolute atomic E-state index is 0.266. The molecule has 0 radical (unpaired) electrons. The Kier molecular flexibility index (Phi) is 7.19. The SMILES string of the molecule is O=C(Oc1ccc(Br)cc1C=Nn1c(-c2ccc(Cl)cc2)nc2ccccc2c1=O)c1ccc(Cl)cc1. The summed E-state index contributed by atoms with van der Waals surface area (Å²) >= 11 is 15.4. The summed E-state index contributed by atoms with van der Waals surface area (Å²) in [4.78, 5) is 30.8. The number of para-hydroxylation sites is 1. The molecule has 9 heteroatoms. The smallest absolute Gasteiger partial charge is 0.343 e. The lowest BCUT2D eigenvalue weighted by Crippen LogP contribution is -2.20. The zero-order valence-electron chi connectivity index (χ0n) is 18.9. The summed E-state index contributed by atoms with van der Waals surface area (Å²) in [6.07, 6.45) is 1.45. The predicted octanol–water partition coefficient (Wildman–Crippen LogP) is 7.23. The molecule has 0 aliphatic carbocycles. The minimum Gasteiger partial charge on any atom is -0.422 e. The second-order valence-corrected chi connectivity index (χ2v) is 9.69. The van der Waals surface area contributed by atoms with E-state index in [2.05, 4.69) is 26.0 Å². The molecule has 5 aromatic rings. The van der Waals surface area contributed by atoms with Crippen molar-refractivity contribution in [1.82, 2.24) is 9.66 Å². The van der Waals surface area contributed by atoms with E-state index < -0.39 is 5.97 Å². The van der Waals surface area contributed by atoms with E-state index in [1.54, 1.807) is 84.9 Å². The molecule has 0 bridgehead atoms. The first-order valence-corrected chi connectivity index (χ1v) is 12.5. The van der Waals surface area contributed by atoms with Crippen LogP contribution in [-0.2, 0) is 0 Å². The minimum atomic E-state index is -0.556. The number of nitrogens with zero attached hydrogens (tertiary/aromatic N) is 3. The van der Waals surface area contributed by atoms with Crippen molar-refractivity contribution in [2.45, 2.75) is 0 Å². The van der Waals surface area contributed by atoms with Crippen LogP contribution in [0.15, 0.2) is 105 Å². The van der Waals surface area contributed by atoms with Crippen molar-refractivity contribution in [3.63, 3.8) is 0 Å². The second-order valence-electron chi connectivity index (χ2n) is 7.90. The molecule has 0 N–H and O–H groups in total. The van der Waals surface area contributed by atoms with Gasteiger partial charge < -0.3 is 4.74 Å². The molecule has 182 valence electrons. The van der Waals surface area contributed by atoms with Crippen LogP contribution in [0.5, 0.6) is 5.75 Å². The lowest BCUT2D eigenvalue weighted by atomic mass is 10.2. The molecule has 0 aliphatic heterocycles. The number of rotatable bonds is 5. The van der Waals surface area contributed by atoms with Crippen LogP contribution in [0, 0.1) is 0 Å². The lowest BCUT2D eigenvalue weighted by molar-refractivity contribution is 0.0734. The summed E-state index contributed by atoms with van der Waals surface area (Å²) in [6, 6.07) is 25.5. The Morgan fingerprint density at radius 3 is 2.32 bits per heavy atom. The van der Waals surface area contributed by atoms with E-state index in [-0.39, 0.29) is 11.3 Å². The van der Waals surface area contributed by atoms with Crippen LogP contribution < -0.4 is 10.3 Å². The van der Waals surface area contributed by atoms with Gasteiger partial charge in [0.05, 0.1) is 22.7 Å². The van der Waals surface area contributed by atoms with E-state index in [9.17, 15) is 9.59 Å². The Bertz CT molecular complexity index is 1720. The van der Waals surface area contributed by atoms with Crippen molar-refractivity contribution < 1.29 is 9.53 Å². The van der Waals surface area contributed by atoms with Gasteiger partial charge in [-0.05, 0) is 78.9 Å². The number of carbonyl (C=O) groups is 1. The van der Waals surface area contributed by atoms with E-state index in [1.165, 1.54) is 10.9 Å². The Balaban J connectivity index is 1.58. The Morgan fingerprint density at radius 2 is 1.59 bits per heavy atom. The topological polar surface area (TPSA) is 73.5 Å². The van der Waals surface area contributed by atoms with Crippen molar-refractivity contribution in [3.8, 4) is 17.1 Å². The third-order valence-electron chi connectivity index (χ3n) is 5.42. The highest BCUT2D eigenvalue weighted by Crippen LogP contribution is 2.25. The van der Waals surface area contributed by atoms with Crippen LogP contribution in [0.2, 0.25) is 10.0 Å². The molecule has 0 spiro atoms. The summed E-state index contributed by atoms with van der Waals surface area (Å²) in [7, 11) is 0. The van der Waals surface area contributed by atoms with Gasteiger partial charge in [0, 0.05) is 25.6 Å². The fourth-order valence-corrected chi connectivity index (χ4v) is 4.23. The highest BCUT2D eigenvalue weighted by Gasteiger charge is 2.14. The summed E-state index contributed by atoms with van der Waals surface area (Å²) in [5.74, 6) is 0.0492. The summed E-state index contributed by atoms with van der Waals surface area (Å²) < 4.78 is 7.59. The van der Waals surface area contributed by atoms with E-state index in [0.717, 1.165) is 4.47 Å².